The zero-order valence-electron chi connectivity index (χ0n) is 10.6. The zero-order chi connectivity index (χ0) is 13.7. The molecule has 1 aromatic heterocycles. The maximum absolute atomic E-state index is 11.9. The molecule has 3 N–H and O–H groups in total. The maximum atomic E-state index is 11.9. The highest BCUT2D eigenvalue weighted by Crippen LogP contribution is 2.20. The van der Waals surface area contributed by atoms with E-state index in [2.05, 4.69) is 10.3 Å². The van der Waals surface area contributed by atoms with Crippen molar-refractivity contribution in [3.05, 3.63) is 48.2 Å². The molecule has 0 saturated carbocycles. The summed E-state index contributed by atoms with van der Waals surface area (Å²) in [5.41, 5.74) is 7.73. The lowest BCUT2D eigenvalue weighted by atomic mass is 10.1. The fourth-order valence-electron chi connectivity index (χ4n) is 1.73. The van der Waals surface area contributed by atoms with Gasteiger partial charge in [-0.2, -0.15) is 0 Å². The van der Waals surface area contributed by atoms with Gasteiger partial charge < -0.3 is 15.8 Å². The van der Waals surface area contributed by atoms with Crippen LogP contribution in [0.2, 0.25) is 0 Å². The number of aromatic nitrogens is 1. The van der Waals surface area contributed by atoms with Gasteiger partial charge in [-0.25, -0.2) is 4.98 Å². The van der Waals surface area contributed by atoms with Crippen molar-refractivity contribution in [1.29, 1.82) is 0 Å². The number of ether oxygens (including phenoxy) is 1. The second-order valence-electron chi connectivity index (χ2n) is 4.03. The van der Waals surface area contributed by atoms with Crippen LogP contribution in [0.5, 0.6) is 5.88 Å². The summed E-state index contributed by atoms with van der Waals surface area (Å²) < 4.78 is 5.07. The lowest BCUT2D eigenvalue weighted by Crippen LogP contribution is -2.15. The van der Waals surface area contributed by atoms with Crippen molar-refractivity contribution in [2.24, 2.45) is 0 Å². The summed E-state index contributed by atoms with van der Waals surface area (Å²) in [5.74, 6) is 0.250. The quantitative estimate of drug-likeness (QED) is 0.819. The molecule has 0 bridgehead atoms. The van der Waals surface area contributed by atoms with E-state index in [-0.39, 0.29) is 12.3 Å². The number of benzene rings is 1. The van der Waals surface area contributed by atoms with Gasteiger partial charge in [-0.3, -0.25) is 4.79 Å². The van der Waals surface area contributed by atoms with Crippen molar-refractivity contribution in [3.8, 4) is 5.88 Å². The number of pyridine rings is 1. The topological polar surface area (TPSA) is 77.2 Å². The van der Waals surface area contributed by atoms with E-state index in [1.54, 1.807) is 30.5 Å². The van der Waals surface area contributed by atoms with Gasteiger partial charge in [-0.05, 0) is 29.8 Å². The second-order valence-corrected chi connectivity index (χ2v) is 4.03. The molecular weight excluding hydrogens is 242 g/mol. The average molecular weight is 257 g/mol. The van der Waals surface area contributed by atoms with Gasteiger partial charge in [0.2, 0.25) is 11.8 Å². The van der Waals surface area contributed by atoms with Crippen LogP contribution in [0, 0.1) is 0 Å². The highest BCUT2D eigenvalue weighted by Gasteiger charge is 2.08. The van der Waals surface area contributed by atoms with Crippen LogP contribution < -0.4 is 15.8 Å². The zero-order valence-corrected chi connectivity index (χ0v) is 10.6. The molecule has 19 heavy (non-hydrogen) atoms. The Balaban J connectivity index is 2.05. The SMILES string of the molecule is COc1ncccc1NC(=O)Cc1cccc(N)c1. The van der Waals surface area contributed by atoms with Crippen molar-refractivity contribution in [2.75, 3.05) is 18.2 Å². The number of hydrogen-bond donors (Lipinski definition) is 2. The van der Waals surface area contributed by atoms with Gasteiger partial charge in [0.1, 0.15) is 5.69 Å². The number of methoxy groups -OCH3 is 1. The number of amides is 1. The molecule has 0 aliphatic rings. The molecule has 98 valence electrons. The van der Waals surface area contributed by atoms with Crippen LogP contribution >= 0.6 is 0 Å². The number of carbonyl (C=O) groups excluding carboxylic acids is 1. The van der Waals surface area contributed by atoms with Gasteiger partial charge in [0, 0.05) is 11.9 Å². The first kappa shape index (κ1) is 12.9. The van der Waals surface area contributed by atoms with E-state index in [4.69, 9.17) is 10.5 Å². The van der Waals surface area contributed by atoms with Crippen LogP contribution in [-0.4, -0.2) is 18.0 Å². The number of nitrogen functional groups attached to an aromatic ring is 1. The minimum Gasteiger partial charge on any atom is -0.480 e. The fraction of sp³-hybridized carbons (Fsp3) is 0.143. The molecule has 2 aromatic rings. The Morgan fingerprint density at radius 3 is 2.95 bits per heavy atom. The first-order valence-electron chi connectivity index (χ1n) is 5.82. The standard InChI is InChI=1S/C14H15N3O2/c1-19-14-12(6-3-7-16-14)17-13(18)9-10-4-2-5-11(15)8-10/h2-8H,9,15H2,1H3,(H,17,18). The van der Waals surface area contributed by atoms with E-state index in [0.717, 1.165) is 5.56 Å². The van der Waals surface area contributed by atoms with Crippen LogP contribution in [0.15, 0.2) is 42.6 Å². The molecule has 5 nitrogen and oxygen atoms in total. The number of nitrogens with two attached hydrogens (primary N) is 1. The van der Waals surface area contributed by atoms with Crippen LogP contribution in [0.25, 0.3) is 0 Å². The number of nitrogens with zero attached hydrogens (tertiary/aromatic N) is 1. The summed E-state index contributed by atoms with van der Waals surface area (Å²) >= 11 is 0. The van der Waals surface area contributed by atoms with E-state index in [1.165, 1.54) is 7.11 Å². The Hall–Kier alpha value is -2.56. The van der Waals surface area contributed by atoms with E-state index in [9.17, 15) is 4.79 Å². The highest BCUT2D eigenvalue weighted by molar-refractivity contribution is 5.93. The lowest BCUT2D eigenvalue weighted by molar-refractivity contribution is -0.115. The predicted octanol–water partition coefficient (Wildman–Crippen LogP) is 1.85. The highest BCUT2D eigenvalue weighted by atomic mass is 16.5. The summed E-state index contributed by atoms with van der Waals surface area (Å²) in [6, 6.07) is 10.7. The molecule has 0 unspecified atom stereocenters. The molecule has 5 heteroatoms. The fourth-order valence-corrected chi connectivity index (χ4v) is 1.73. The maximum Gasteiger partial charge on any atom is 0.237 e. The normalized spacial score (nSPS) is 9.95. The molecule has 1 aromatic carbocycles. The number of anilines is 2. The molecule has 0 spiro atoms. The molecule has 1 amide bonds. The molecule has 0 radical (unpaired) electrons. The van der Waals surface area contributed by atoms with Crippen LogP contribution in [0.1, 0.15) is 5.56 Å². The first-order chi connectivity index (χ1) is 9.19. The van der Waals surface area contributed by atoms with E-state index >= 15 is 0 Å². The van der Waals surface area contributed by atoms with Gasteiger partial charge in [0.15, 0.2) is 0 Å². The Morgan fingerprint density at radius 2 is 2.21 bits per heavy atom. The summed E-state index contributed by atoms with van der Waals surface area (Å²) in [5, 5.41) is 2.76. The number of hydrogen-bond acceptors (Lipinski definition) is 4. The molecule has 0 aliphatic heterocycles. The van der Waals surface area contributed by atoms with Crippen molar-refractivity contribution < 1.29 is 9.53 Å². The minimum absolute atomic E-state index is 0.142. The smallest absolute Gasteiger partial charge is 0.237 e. The predicted molar refractivity (Wildman–Crippen MR) is 74.0 cm³/mol. The van der Waals surface area contributed by atoms with Gasteiger partial charge in [0.05, 0.1) is 13.5 Å². The van der Waals surface area contributed by atoms with Crippen molar-refractivity contribution >= 4 is 17.3 Å². The first-order valence-corrected chi connectivity index (χ1v) is 5.82. The van der Waals surface area contributed by atoms with Gasteiger partial charge in [-0.1, -0.05) is 12.1 Å². The summed E-state index contributed by atoms with van der Waals surface area (Å²) in [6.45, 7) is 0. The molecule has 0 fully saturated rings. The van der Waals surface area contributed by atoms with E-state index in [0.29, 0.717) is 17.3 Å². The molecule has 0 atom stereocenters. The van der Waals surface area contributed by atoms with Crippen molar-refractivity contribution in [1.82, 2.24) is 4.98 Å². The summed E-state index contributed by atoms with van der Waals surface area (Å²) in [7, 11) is 1.51. The van der Waals surface area contributed by atoms with Crippen molar-refractivity contribution in [3.63, 3.8) is 0 Å². The molecular formula is C14H15N3O2. The Morgan fingerprint density at radius 1 is 1.37 bits per heavy atom. The third kappa shape index (κ3) is 3.45. The number of carbonyl (C=O) groups is 1. The third-order valence-corrected chi connectivity index (χ3v) is 2.55. The van der Waals surface area contributed by atoms with E-state index < -0.39 is 0 Å². The molecule has 0 aliphatic carbocycles. The lowest BCUT2D eigenvalue weighted by Gasteiger charge is -2.08. The molecule has 0 saturated heterocycles. The third-order valence-electron chi connectivity index (χ3n) is 2.55. The number of rotatable bonds is 4. The Bertz CT molecular complexity index is 584. The largest absolute Gasteiger partial charge is 0.480 e. The average Bonchev–Trinajstić information content (AvgIpc) is 2.39. The molecule has 1 heterocycles. The van der Waals surface area contributed by atoms with Gasteiger partial charge in [0.25, 0.3) is 0 Å². The summed E-state index contributed by atoms with van der Waals surface area (Å²) in [6.07, 6.45) is 1.86. The Labute approximate surface area is 111 Å². The second kappa shape index (κ2) is 5.86. The minimum atomic E-state index is -0.142. The van der Waals surface area contributed by atoms with Crippen LogP contribution in [0.4, 0.5) is 11.4 Å². The van der Waals surface area contributed by atoms with E-state index in [1.807, 2.05) is 12.1 Å². The van der Waals surface area contributed by atoms with Crippen molar-refractivity contribution in [2.45, 2.75) is 6.42 Å². The Kier molecular flexibility index (Phi) is 3.97. The monoisotopic (exact) mass is 257 g/mol. The number of nitrogens with one attached hydrogen (secondary N) is 1. The summed E-state index contributed by atoms with van der Waals surface area (Å²) in [4.78, 5) is 15.9. The van der Waals surface area contributed by atoms with Crippen LogP contribution in [0.3, 0.4) is 0 Å². The van der Waals surface area contributed by atoms with Crippen LogP contribution in [-0.2, 0) is 11.2 Å². The van der Waals surface area contributed by atoms with Gasteiger partial charge >= 0.3 is 0 Å². The molecule has 2 rings (SSSR count). The van der Waals surface area contributed by atoms with Gasteiger partial charge in [-0.15, -0.1) is 0 Å².